The van der Waals surface area contributed by atoms with Gasteiger partial charge in [0.05, 0.1) is 17.4 Å². The van der Waals surface area contributed by atoms with Crippen molar-refractivity contribution < 1.29 is 4.79 Å². The van der Waals surface area contributed by atoms with Gasteiger partial charge in [0.1, 0.15) is 0 Å². The predicted octanol–water partition coefficient (Wildman–Crippen LogP) is 3.68. The summed E-state index contributed by atoms with van der Waals surface area (Å²) in [5, 5.41) is 8.39. The Labute approximate surface area is 168 Å². The molecule has 2 fully saturated rings. The molecule has 1 aliphatic carbocycles. The topological polar surface area (TPSA) is 50.2 Å². The Hall–Kier alpha value is -2.14. The van der Waals surface area contributed by atoms with Crippen molar-refractivity contribution in [1.29, 1.82) is 0 Å². The first-order valence-electron chi connectivity index (χ1n) is 10.6. The van der Waals surface area contributed by atoms with E-state index in [1.807, 2.05) is 35.7 Å². The van der Waals surface area contributed by atoms with Gasteiger partial charge in [-0.15, -0.1) is 0 Å². The summed E-state index contributed by atoms with van der Waals surface area (Å²) in [6, 6.07) is 8.81. The van der Waals surface area contributed by atoms with Crippen LogP contribution in [0, 0.1) is 26.7 Å². The monoisotopic (exact) mass is 380 g/mol. The molecule has 3 atom stereocenters. The molecule has 1 saturated carbocycles. The van der Waals surface area contributed by atoms with Gasteiger partial charge in [0.25, 0.3) is 0 Å². The first-order valence-corrected chi connectivity index (χ1v) is 10.6. The predicted molar refractivity (Wildman–Crippen MR) is 112 cm³/mol. The van der Waals surface area contributed by atoms with Crippen LogP contribution >= 0.6 is 0 Å². The number of amides is 1. The van der Waals surface area contributed by atoms with Gasteiger partial charge in [0.15, 0.2) is 0 Å². The highest BCUT2D eigenvalue weighted by Gasteiger charge is 2.39. The van der Waals surface area contributed by atoms with E-state index in [0.29, 0.717) is 18.5 Å². The Morgan fingerprint density at radius 2 is 1.96 bits per heavy atom. The lowest BCUT2D eigenvalue weighted by atomic mass is 9.85. The zero-order chi connectivity index (χ0) is 19.8. The maximum absolute atomic E-state index is 13.1. The molecule has 2 heterocycles. The van der Waals surface area contributed by atoms with Gasteiger partial charge in [-0.3, -0.25) is 4.79 Å². The fourth-order valence-electron chi connectivity index (χ4n) is 5.03. The maximum atomic E-state index is 13.1. The van der Waals surface area contributed by atoms with Crippen molar-refractivity contribution in [3.63, 3.8) is 0 Å². The van der Waals surface area contributed by atoms with Crippen LogP contribution in [0.1, 0.15) is 54.6 Å². The van der Waals surface area contributed by atoms with Gasteiger partial charge in [-0.1, -0.05) is 31.0 Å². The molecule has 2 aliphatic rings. The van der Waals surface area contributed by atoms with E-state index in [2.05, 4.69) is 31.3 Å². The number of benzene rings is 1. The number of nitrogens with zero attached hydrogens (tertiary/aromatic N) is 3. The summed E-state index contributed by atoms with van der Waals surface area (Å²) >= 11 is 0. The number of rotatable bonds is 4. The van der Waals surface area contributed by atoms with Gasteiger partial charge in [-0.2, -0.15) is 5.10 Å². The van der Waals surface area contributed by atoms with Crippen LogP contribution in [-0.4, -0.2) is 39.7 Å². The Bertz CT molecular complexity index is 857. The average molecular weight is 381 g/mol. The number of nitrogens with one attached hydrogen (secondary N) is 1. The highest BCUT2D eigenvalue weighted by Crippen LogP contribution is 2.33. The maximum Gasteiger partial charge on any atom is 0.239 e. The van der Waals surface area contributed by atoms with Crippen LogP contribution in [0.15, 0.2) is 24.3 Å². The molecule has 28 heavy (non-hydrogen) atoms. The fraction of sp³-hybridized carbons (Fsp3) is 0.565. The second-order valence-electron chi connectivity index (χ2n) is 8.65. The molecule has 150 valence electrons. The number of hydrogen-bond donors (Lipinski definition) is 1. The number of aromatic nitrogens is 2. The molecule has 1 aromatic heterocycles. The second-order valence-corrected chi connectivity index (χ2v) is 8.65. The van der Waals surface area contributed by atoms with Crippen molar-refractivity contribution >= 4 is 5.91 Å². The van der Waals surface area contributed by atoms with E-state index in [4.69, 9.17) is 5.10 Å². The number of para-hydroxylation sites is 1. The lowest BCUT2D eigenvalue weighted by molar-refractivity contribution is -0.132. The van der Waals surface area contributed by atoms with Crippen molar-refractivity contribution in [1.82, 2.24) is 20.0 Å². The van der Waals surface area contributed by atoms with Crippen LogP contribution in [0.4, 0.5) is 0 Å². The summed E-state index contributed by atoms with van der Waals surface area (Å²) in [7, 11) is 1.93. The number of aryl methyl sites for hydroxylation is 2. The molecule has 1 amide bonds. The normalized spacial score (nSPS) is 24.2. The molecular weight excluding hydrogens is 348 g/mol. The average Bonchev–Trinajstić information content (AvgIpc) is 3.24. The van der Waals surface area contributed by atoms with E-state index >= 15 is 0 Å². The van der Waals surface area contributed by atoms with Gasteiger partial charge < -0.3 is 10.2 Å². The standard InChI is InChI=1S/C23H32N4O/c1-15-9-5-8-12-22(15)27-17(3)19(16(2)25-27)14-26(4)23(28)21-13-18-10-6-7-11-20(18)24-21/h5,8-9,12,18,20-21,24H,6-7,10-11,13-14H2,1-4H3. The third-order valence-corrected chi connectivity index (χ3v) is 6.72. The van der Waals surface area contributed by atoms with Crippen LogP contribution in [0.3, 0.4) is 0 Å². The largest absolute Gasteiger partial charge is 0.340 e. The van der Waals surface area contributed by atoms with Crippen molar-refractivity contribution in [3.8, 4) is 5.69 Å². The van der Waals surface area contributed by atoms with Crippen LogP contribution in [0.2, 0.25) is 0 Å². The number of likely N-dealkylation sites (N-methyl/N-ethyl adjacent to an activating group) is 1. The SMILES string of the molecule is Cc1ccccc1-n1nc(C)c(CN(C)C(=O)C2CC3CCCCC3N2)c1C. The summed E-state index contributed by atoms with van der Waals surface area (Å²) in [6.07, 6.45) is 6.10. The molecule has 1 aromatic carbocycles. The molecule has 0 radical (unpaired) electrons. The third kappa shape index (κ3) is 3.48. The highest BCUT2D eigenvalue weighted by molar-refractivity contribution is 5.82. The Morgan fingerprint density at radius 3 is 2.71 bits per heavy atom. The molecular formula is C23H32N4O. The van der Waals surface area contributed by atoms with Gasteiger partial charge in [-0.25, -0.2) is 4.68 Å². The number of fused-ring (bicyclic) bond motifs is 1. The first kappa shape index (κ1) is 19.2. The number of carbonyl (C=O) groups is 1. The zero-order valence-electron chi connectivity index (χ0n) is 17.5. The molecule has 3 unspecified atom stereocenters. The minimum atomic E-state index is -0.0230. The summed E-state index contributed by atoms with van der Waals surface area (Å²) in [5.41, 5.74) is 5.55. The van der Waals surface area contributed by atoms with E-state index in [1.54, 1.807) is 0 Å². The van der Waals surface area contributed by atoms with Crippen LogP contribution in [0.25, 0.3) is 5.69 Å². The van der Waals surface area contributed by atoms with Gasteiger partial charge >= 0.3 is 0 Å². The lowest BCUT2D eigenvalue weighted by Gasteiger charge is -2.24. The molecule has 0 spiro atoms. The first-order chi connectivity index (χ1) is 13.5. The van der Waals surface area contributed by atoms with Gasteiger partial charge in [0, 0.05) is 30.9 Å². The molecule has 5 nitrogen and oxygen atoms in total. The van der Waals surface area contributed by atoms with Crippen LogP contribution < -0.4 is 5.32 Å². The Morgan fingerprint density at radius 1 is 1.21 bits per heavy atom. The van der Waals surface area contributed by atoms with Crippen LogP contribution in [-0.2, 0) is 11.3 Å². The summed E-state index contributed by atoms with van der Waals surface area (Å²) in [4.78, 5) is 15.0. The van der Waals surface area contributed by atoms with Crippen LogP contribution in [0.5, 0.6) is 0 Å². The molecule has 1 saturated heterocycles. The molecule has 0 bridgehead atoms. The minimum absolute atomic E-state index is 0.0230. The molecule has 1 N–H and O–H groups in total. The lowest BCUT2D eigenvalue weighted by Crippen LogP contribution is -2.43. The zero-order valence-corrected chi connectivity index (χ0v) is 17.5. The quantitative estimate of drug-likeness (QED) is 0.880. The fourth-order valence-corrected chi connectivity index (χ4v) is 5.03. The third-order valence-electron chi connectivity index (χ3n) is 6.72. The van der Waals surface area contributed by atoms with E-state index in [9.17, 15) is 4.79 Å². The van der Waals surface area contributed by atoms with Crippen molar-refractivity contribution in [2.45, 2.75) is 71.5 Å². The van der Waals surface area contributed by atoms with E-state index in [1.165, 1.54) is 31.2 Å². The van der Waals surface area contributed by atoms with Gasteiger partial charge in [0.2, 0.25) is 5.91 Å². The minimum Gasteiger partial charge on any atom is -0.340 e. The molecule has 5 heteroatoms. The summed E-state index contributed by atoms with van der Waals surface area (Å²) in [6.45, 7) is 6.85. The summed E-state index contributed by atoms with van der Waals surface area (Å²) in [5.74, 6) is 0.903. The van der Waals surface area contributed by atoms with E-state index in [-0.39, 0.29) is 11.9 Å². The number of carbonyl (C=O) groups excluding carboxylic acids is 1. The van der Waals surface area contributed by atoms with Crippen molar-refractivity contribution in [3.05, 3.63) is 46.8 Å². The molecule has 2 aromatic rings. The van der Waals surface area contributed by atoms with Crippen molar-refractivity contribution in [2.24, 2.45) is 5.92 Å². The van der Waals surface area contributed by atoms with E-state index in [0.717, 1.165) is 29.1 Å². The summed E-state index contributed by atoms with van der Waals surface area (Å²) < 4.78 is 2.01. The number of hydrogen-bond acceptors (Lipinski definition) is 3. The Balaban J connectivity index is 1.50. The van der Waals surface area contributed by atoms with Gasteiger partial charge in [-0.05, 0) is 57.6 Å². The second kappa shape index (κ2) is 7.70. The highest BCUT2D eigenvalue weighted by atomic mass is 16.2. The van der Waals surface area contributed by atoms with Crippen molar-refractivity contribution in [2.75, 3.05) is 7.05 Å². The Kier molecular flexibility index (Phi) is 5.28. The van der Waals surface area contributed by atoms with E-state index < -0.39 is 0 Å². The smallest absolute Gasteiger partial charge is 0.239 e. The molecule has 4 rings (SSSR count). The molecule has 1 aliphatic heterocycles.